The fraction of sp³-hybridized carbons (Fsp3) is 1.00. The smallest absolute Gasteiger partial charge is 0.0539 e. The number of rotatable bonds is 7. The lowest BCUT2D eigenvalue weighted by atomic mass is 9.94. The van der Waals surface area contributed by atoms with Gasteiger partial charge >= 0.3 is 0 Å². The van der Waals surface area contributed by atoms with Crippen LogP contribution in [0.3, 0.4) is 0 Å². The fourth-order valence-electron chi connectivity index (χ4n) is 1.09. The van der Waals surface area contributed by atoms with Crippen molar-refractivity contribution >= 4 is 0 Å². The highest BCUT2D eigenvalue weighted by Crippen LogP contribution is 2.18. The Labute approximate surface area is 88.0 Å². The minimum Gasteiger partial charge on any atom is -0.384 e. The molecule has 3 nitrogen and oxygen atoms in total. The highest BCUT2D eigenvalue weighted by molar-refractivity contribution is 4.71. The van der Waals surface area contributed by atoms with Crippen LogP contribution in [0.15, 0.2) is 0 Å². The molecule has 0 heterocycles. The summed E-state index contributed by atoms with van der Waals surface area (Å²) in [6.07, 6.45) is 0. The van der Waals surface area contributed by atoms with Crippen LogP contribution in [0.1, 0.15) is 27.7 Å². The Morgan fingerprint density at radius 1 is 0.929 bits per heavy atom. The van der Waals surface area contributed by atoms with Crippen molar-refractivity contribution in [2.24, 2.45) is 16.6 Å². The Kier molecular flexibility index (Phi) is 5.64. The van der Waals surface area contributed by atoms with E-state index in [1.807, 2.05) is 0 Å². The molecule has 0 radical (unpaired) electrons. The van der Waals surface area contributed by atoms with Crippen molar-refractivity contribution in [3.63, 3.8) is 0 Å². The molecule has 0 aromatic heterocycles. The molecule has 2 N–H and O–H groups in total. The minimum atomic E-state index is 0.0726. The molecule has 0 saturated heterocycles. The standard InChI is InChI=1S/C11H25NO2/c1-10(2,6-12)8-14-9-11(3,4)7-13-5/h6-9,12H2,1-5H3. The van der Waals surface area contributed by atoms with Crippen molar-refractivity contribution in [2.75, 3.05) is 33.5 Å². The predicted octanol–water partition coefficient (Wildman–Crippen LogP) is 1.66. The summed E-state index contributed by atoms with van der Waals surface area (Å²) in [5.74, 6) is 0. The second kappa shape index (κ2) is 5.69. The van der Waals surface area contributed by atoms with E-state index in [9.17, 15) is 0 Å². The summed E-state index contributed by atoms with van der Waals surface area (Å²) in [5, 5.41) is 0. The average Bonchev–Trinajstić information content (AvgIpc) is 2.03. The van der Waals surface area contributed by atoms with Crippen molar-refractivity contribution in [3.8, 4) is 0 Å². The Morgan fingerprint density at radius 2 is 1.43 bits per heavy atom. The highest BCUT2D eigenvalue weighted by atomic mass is 16.5. The maximum Gasteiger partial charge on any atom is 0.0539 e. The van der Waals surface area contributed by atoms with E-state index in [1.165, 1.54) is 0 Å². The van der Waals surface area contributed by atoms with Crippen molar-refractivity contribution in [2.45, 2.75) is 27.7 Å². The Balaban J connectivity index is 3.73. The molecule has 0 spiro atoms. The summed E-state index contributed by atoms with van der Waals surface area (Å²) in [6.45, 7) is 11.3. The van der Waals surface area contributed by atoms with Gasteiger partial charge in [0, 0.05) is 17.9 Å². The lowest BCUT2D eigenvalue weighted by Crippen LogP contribution is -2.32. The van der Waals surface area contributed by atoms with Crippen LogP contribution < -0.4 is 5.73 Å². The fourth-order valence-corrected chi connectivity index (χ4v) is 1.09. The number of hydrogen-bond acceptors (Lipinski definition) is 3. The van der Waals surface area contributed by atoms with Gasteiger partial charge in [0.25, 0.3) is 0 Å². The van der Waals surface area contributed by atoms with Crippen LogP contribution in [0, 0.1) is 10.8 Å². The van der Waals surface area contributed by atoms with E-state index in [0.29, 0.717) is 19.8 Å². The lowest BCUT2D eigenvalue weighted by Gasteiger charge is -2.27. The average molecular weight is 203 g/mol. The van der Waals surface area contributed by atoms with Gasteiger partial charge in [0.05, 0.1) is 19.8 Å². The van der Waals surface area contributed by atoms with Gasteiger partial charge in [-0.1, -0.05) is 27.7 Å². The molecule has 0 fully saturated rings. The zero-order chi connectivity index (χ0) is 11.2. The largest absolute Gasteiger partial charge is 0.384 e. The third-order valence-corrected chi connectivity index (χ3v) is 2.07. The van der Waals surface area contributed by atoms with E-state index in [0.717, 1.165) is 6.61 Å². The Morgan fingerprint density at radius 3 is 1.86 bits per heavy atom. The molecule has 0 aliphatic carbocycles. The van der Waals surface area contributed by atoms with Gasteiger partial charge in [-0.3, -0.25) is 0 Å². The van der Waals surface area contributed by atoms with Gasteiger partial charge in [0.15, 0.2) is 0 Å². The van der Waals surface area contributed by atoms with E-state index in [-0.39, 0.29) is 10.8 Å². The van der Waals surface area contributed by atoms with E-state index in [4.69, 9.17) is 15.2 Å². The van der Waals surface area contributed by atoms with Crippen molar-refractivity contribution < 1.29 is 9.47 Å². The van der Waals surface area contributed by atoms with Gasteiger partial charge in [-0.05, 0) is 6.54 Å². The van der Waals surface area contributed by atoms with Crippen LogP contribution >= 0.6 is 0 Å². The molecular formula is C11H25NO2. The Bertz CT molecular complexity index is 155. The number of methoxy groups -OCH3 is 1. The maximum absolute atomic E-state index is 5.65. The van der Waals surface area contributed by atoms with Crippen LogP contribution in [-0.2, 0) is 9.47 Å². The first-order valence-corrected chi connectivity index (χ1v) is 5.10. The summed E-state index contributed by atoms with van der Waals surface area (Å²) in [7, 11) is 1.71. The number of ether oxygens (including phenoxy) is 2. The molecule has 0 saturated carbocycles. The second-order valence-electron chi connectivity index (χ2n) is 5.46. The summed E-state index contributed by atoms with van der Waals surface area (Å²) in [5.41, 5.74) is 5.77. The van der Waals surface area contributed by atoms with Crippen LogP contribution in [0.2, 0.25) is 0 Å². The zero-order valence-electron chi connectivity index (χ0n) is 10.2. The van der Waals surface area contributed by atoms with Gasteiger partial charge < -0.3 is 15.2 Å². The SMILES string of the molecule is COCC(C)(C)COCC(C)(C)CN. The molecule has 3 heteroatoms. The zero-order valence-corrected chi connectivity index (χ0v) is 10.2. The molecular weight excluding hydrogens is 178 g/mol. The molecule has 0 bridgehead atoms. The highest BCUT2D eigenvalue weighted by Gasteiger charge is 2.21. The van der Waals surface area contributed by atoms with Gasteiger partial charge in [-0.2, -0.15) is 0 Å². The number of hydrogen-bond donors (Lipinski definition) is 1. The van der Waals surface area contributed by atoms with Crippen molar-refractivity contribution in [1.82, 2.24) is 0 Å². The summed E-state index contributed by atoms with van der Waals surface area (Å²) in [6, 6.07) is 0. The molecule has 0 aromatic carbocycles. The molecule has 0 amide bonds. The predicted molar refractivity (Wildman–Crippen MR) is 59.3 cm³/mol. The maximum atomic E-state index is 5.65. The van der Waals surface area contributed by atoms with E-state index in [1.54, 1.807) is 7.11 Å². The first-order valence-electron chi connectivity index (χ1n) is 5.10. The molecule has 0 atom stereocenters. The molecule has 86 valence electrons. The first kappa shape index (κ1) is 13.9. The second-order valence-corrected chi connectivity index (χ2v) is 5.46. The van der Waals surface area contributed by atoms with Crippen LogP contribution in [0.4, 0.5) is 0 Å². The van der Waals surface area contributed by atoms with E-state index >= 15 is 0 Å². The topological polar surface area (TPSA) is 44.5 Å². The lowest BCUT2D eigenvalue weighted by molar-refractivity contribution is -0.0130. The Hall–Kier alpha value is -0.120. The van der Waals surface area contributed by atoms with Gasteiger partial charge in [-0.25, -0.2) is 0 Å². The third-order valence-electron chi connectivity index (χ3n) is 2.07. The normalized spacial score (nSPS) is 13.3. The molecule has 0 aliphatic heterocycles. The van der Waals surface area contributed by atoms with Crippen molar-refractivity contribution in [3.05, 3.63) is 0 Å². The molecule has 0 rings (SSSR count). The van der Waals surface area contributed by atoms with Crippen LogP contribution in [-0.4, -0.2) is 33.5 Å². The summed E-state index contributed by atoms with van der Waals surface area (Å²) < 4.78 is 10.8. The van der Waals surface area contributed by atoms with E-state index < -0.39 is 0 Å². The summed E-state index contributed by atoms with van der Waals surface area (Å²) >= 11 is 0. The molecule has 0 aromatic rings. The van der Waals surface area contributed by atoms with Crippen LogP contribution in [0.25, 0.3) is 0 Å². The van der Waals surface area contributed by atoms with Gasteiger partial charge in [-0.15, -0.1) is 0 Å². The van der Waals surface area contributed by atoms with Gasteiger partial charge in [0.1, 0.15) is 0 Å². The molecule has 0 aliphatic rings. The van der Waals surface area contributed by atoms with Gasteiger partial charge in [0.2, 0.25) is 0 Å². The van der Waals surface area contributed by atoms with E-state index in [2.05, 4.69) is 27.7 Å². The van der Waals surface area contributed by atoms with Crippen LogP contribution in [0.5, 0.6) is 0 Å². The quantitative estimate of drug-likeness (QED) is 0.684. The minimum absolute atomic E-state index is 0.0726. The molecule has 14 heavy (non-hydrogen) atoms. The molecule has 0 unspecified atom stereocenters. The van der Waals surface area contributed by atoms with Crippen molar-refractivity contribution in [1.29, 1.82) is 0 Å². The third kappa shape index (κ3) is 6.35. The summed E-state index contributed by atoms with van der Waals surface area (Å²) in [4.78, 5) is 0. The monoisotopic (exact) mass is 203 g/mol. The number of nitrogens with two attached hydrogens (primary N) is 1. The first-order chi connectivity index (χ1) is 6.33.